The van der Waals surface area contributed by atoms with Gasteiger partial charge in [0.25, 0.3) is 5.89 Å². The second-order valence-electron chi connectivity index (χ2n) is 4.35. The van der Waals surface area contributed by atoms with Gasteiger partial charge in [-0.05, 0) is 24.3 Å². The summed E-state index contributed by atoms with van der Waals surface area (Å²) < 4.78 is 10.8. The monoisotopic (exact) mass is 284 g/mol. The van der Waals surface area contributed by atoms with Crippen molar-refractivity contribution in [3.05, 3.63) is 42.5 Å². The maximum Gasteiger partial charge on any atom is 0.251 e. The zero-order valence-electron chi connectivity index (χ0n) is 11.1. The number of aromatic hydroxyl groups is 2. The van der Waals surface area contributed by atoms with Gasteiger partial charge in [-0.3, -0.25) is 0 Å². The molecule has 0 radical (unpaired) electrons. The van der Waals surface area contributed by atoms with Crippen LogP contribution in [0.25, 0.3) is 22.9 Å². The number of hydrogen-bond acceptors (Lipinski definition) is 6. The number of benzene rings is 2. The van der Waals surface area contributed by atoms with Crippen LogP contribution in [0.3, 0.4) is 0 Å². The minimum absolute atomic E-state index is 0.0814. The van der Waals surface area contributed by atoms with Crippen LogP contribution in [-0.4, -0.2) is 27.5 Å². The number of phenols is 2. The van der Waals surface area contributed by atoms with Crippen molar-refractivity contribution in [2.24, 2.45) is 0 Å². The smallest absolute Gasteiger partial charge is 0.251 e. The van der Waals surface area contributed by atoms with Crippen LogP contribution < -0.4 is 4.74 Å². The van der Waals surface area contributed by atoms with Crippen LogP contribution in [0.2, 0.25) is 0 Å². The minimum Gasteiger partial charge on any atom is -0.508 e. The van der Waals surface area contributed by atoms with Crippen molar-refractivity contribution in [1.29, 1.82) is 0 Å². The molecule has 0 unspecified atom stereocenters. The summed E-state index contributed by atoms with van der Waals surface area (Å²) in [5.41, 5.74) is 1.10. The van der Waals surface area contributed by atoms with Gasteiger partial charge >= 0.3 is 0 Å². The second kappa shape index (κ2) is 5.16. The summed E-state index contributed by atoms with van der Waals surface area (Å²) in [6, 6.07) is 11.4. The Bertz CT molecular complexity index is 763. The summed E-state index contributed by atoms with van der Waals surface area (Å²) in [7, 11) is 1.56. The summed E-state index contributed by atoms with van der Waals surface area (Å²) in [6.45, 7) is 0. The van der Waals surface area contributed by atoms with E-state index in [2.05, 4.69) is 10.2 Å². The van der Waals surface area contributed by atoms with Gasteiger partial charge in [0, 0.05) is 11.6 Å². The lowest BCUT2D eigenvalue weighted by Gasteiger charge is -2.03. The van der Waals surface area contributed by atoms with E-state index in [1.54, 1.807) is 19.2 Å². The largest absolute Gasteiger partial charge is 0.508 e. The fraction of sp³-hybridized carbons (Fsp3) is 0.0667. The van der Waals surface area contributed by atoms with Gasteiger partial charge in [-0.2, -0.15) is 0 Å². The number of ether oxygens (including phenoxy) is 1. The lowest BCUT2D eigenvalue weighted by atomic mass is 10.2. The molecule has 6 nitrogen and oxygen atoms in total. The van der Waals surface area contributed by atoms with Crippen molar-refractivity contribution in [3.8, 4) is 40.2 Å². The highest BCUT2D eigenvalue weighted by molar-refractivity contribution is 5.65. The molecule has 0 aliphatic rings. The molecule has 21 heavy (non-hydrogen) atoms. The average molecular weight is 284 g/mol. The summed E-state index contributed by atoms with van der Waals surface area (Å²) in [5.74, 6) is 0.947. The van der Waals surface area contributed by atoms with E-state index in [0.29, 0.717) is 22.8 Å². The van der Waals surface area contributed by atoms with Crippen molar-refractivity contribution in [2.75, 3.05) is 7.11 Å². The topological polar surface area (TPSA) is 88.6 Å². The van der Waals surface area contributed by atoms with Crippen LogP contribution in [-0.2, 0) is 0 Å². The summed E-state index contributed by atoms with van der Waals surface area (Å²) in [5, 5.41) is 26.9. The van der Waals surface area contributed by atoms with Crippen LogP contribution >= 0.6 is 0 Å². The molecule has 2 N–H and O–H groups in total. The quantitative estimate of drug-likeness (QED) is 0.768. The molecule has 0 saturated carbocycles. The van der Waals surface area contributed by atoms with Crippen molar-refractivity contribution in [2.45, 2.75) is 0 Å². The Balaban J connectivity index is 2.04. The zero-order valence-corrected chi connectivity index (χ0v) is 11.1. The Morgan fingerprint density at radius 1 is 0.952 bits per heavy atom. The summed E-state index contributed by atoms with van der Waals surface area (Å²) in [6.07, 6.45) is 0. The molecule has 0 amide bonds. The van der Waals surface area contributed by atoms with Crippen molar-refractivity contribution in [3.63, 3.8) is 0 Å². The number of rotatable bonds is 3. The Kier molecular flexibility index (Phi) is 3.19. The first-order chi connectivity index (χ1) is 10.2. The lowest BCUT2D eigenvalue weighted by molar-refractivity contribution is 0.414. The van der Waals surface area contributed by atoms with Gasteiger partial charge in [-0.15, -0.1) is 10.2 Å². The minimum atomic E-state index is -0.0814. The first-order valence-corrected chi connectivity index (χ1v) is 6.17. The number of aromatic nitrogens is 2. The van der Waals surface area contributed by atoms with Gasteiger partial charge in [0.15, 0.2) is 0 Å². The molecular weight excluding hydrogens is 272 g/mol. The van der Waals surface area contributed by atoms with E-state index in [9.17, 15) is 10.2 Å². The van der Waals surface area contributed by atoms with E-state index < -0.39 is 0 Å². The first-order valence-electron chi connectivity index (χ1n) is 6.17. The molecule has 0 aliphatic carbocycles. The van der Waals surface area contributed by atoms with Crippen molar-refractivity contribution < 1.29 is 19.4 Å². The van der Waals surface area contributed by atoms with Crippen LogP contribution in [0.4, 0.5) is 0 Å². The molecule has 1 heterocycles. The lowest BCUT2D eigenvalue weighted by Crippen LogP contribution is -1.87. The van der Waals surface area contributed by atoms with Gasteiger partial charge < -0.3 is 19.4 Å². The zero-order chi connectivity index (χ0) is 14.8. The molecule has 0 aliphatic heterocycles. The Labute approximate surface area is 120 Å². The fourth-order valence-corrected chi connectivity index (χ4v) is 1.99. The highest BCUT2D eigenvalue weighted by Crippen LogP contribution is 2.32. The van der Waals surface area contributed by atoms with Crippen LogP contribution in [0, 0.1) is 0 Å². The molecule has 0 saturated heterocycles. The van der Waals surface area contributed by atoms with Crippen LogP contribution in [0.5, 0.6) is 17.2 Å². The number of para-hydroxylation sites is 1. The van der Waals surface area contributed by atoms with Gasteiger partial charge in [0.1, 0.15) is 17.2 Å². The standard InChI is InChI=1S/C15H12N2O4/c1-20-13-5-3-2-4-12(13)15-17-16-14(21-15)9-6-10(18)8-11(19)7-9/h2-8,18-19H,1H3. The molecule has 1 aromatic heterocycles. The van der Waals surface area contributed by atoms with Gasteiger partial charge in [-0.1, -0.05) is 12.1 Å². The van der Waals surface area contributed by atoms with Gasteiger partial charge in [-0.25, -0.2) is 0 Å². The molecule has 106 valence electrons. The number of methoxy groups -OCH3 is 1. The molecule has 0 spiro atoms. The van der Waals surface area contributed by atoms with E-state index in [0.717, 1.165) is 0 Å². The third kappa shape index (κ3) is 2.51. The van der Waals surface area contributed by atoms with E-state index in [1.165, 1.54) is 18.2 Å². The van der Waals surface area contributed by atoms with E-state index in [1.807, 2.05) is 12.1 Å². The number of phenolic OH excluding ortho intramolecular Hbond substituents is 2. The molecule has 3 rings (SSSR count). The predicted molar refractivity (Wildman–Crippen MR) is 75.1 cm³/mol. The number of nitrogens with zero attached hydrogens (tertiary/aromatic N) is 2. The summed E-state index contributed by atoms with van der Waals surface area (Å²) in [4.78, 5) is 0. The third-order valence-electron chi connectivity index (χ3n) is 2.91. The predicted octanol–water partition coefficient (Wildman–Crippen LogP) is 2.82. The van der Waals surface area contributed by atoms with Crippen LogP contribution in [0.1, 0.15) is 0 Å². The van der Waals surface area contributed by atoms with Crippen molar-refractivity contribution >= 4 is 0 Å². The molecule has 3 aromatic rings. The fourth-order valence-electron chi connectivity index (χ4n) is 1.99. The highest BCUT2D eigenvalue weighted by atomic mass is 16.5. The average Bonchev–Trinajstić information content (AvgIpc) is 2.96. The van der Waals surface area contributed by atoms with E-state index >= 15 is 0 Å². The second-order valence-corrected chi connectivity index (χ2v) is 4.35. The van der Waals surface area contributed by atoms with Gasteiger partial charge in [0.2, 0.25) is 5.89 Å². The third-order valence-corrected chi connectivity index (χ3v) is 2.91. The van der Waals surface area contributed by atoms with Crippen LogP contribution in [0.15, 0.2) is 46.9 Å². The first kappa shape index (κ1) is 13.0. The van der Waals surface area contributed by atoms with E-state index in [-0.39, 0.29) is 17.4 Å². The highest BCUT2D eigenvalue weighted by Gasteiger charge is 2.15. The Morgan fingerprint density at radius 2 is 1.62 bits per heavy atom. The molecule has 0 bridgehead atoms. The maximum atomic E-state index is 9.49. The molecule has 0 atom stereocenters. The Morgan fingerprint density at radius 3 is 2.33 bits per heavy atom. The van der Waals surface area contributed by atoms with Gasteiger partial charge in [0.05, 0.1) is 12.7 Å². The summed E-state index contributed by atoms with van der Waals surface area (Å²) >= 11 is 0. The maximum absolute atomic E-state index is 9.49. The molecular formula is C15H12N2O4. The normalized spacial score (nSPS) is 10.5. The number of hydrogen-bond donors (Lipinski definition) is 2. The van der Waals surface area contributed by atoms with Crippen molar-refractivity contribution in [1.82, 2.24) is 10.2 Å². The van der Waals surface area contributed by atoms with E-state index in [4.69, 9.17) is 9.15 Å². The molecule has 2 aromatic carbocycles. The SMILES string of the molecule is COc1ccccc1-c1nnc(-c2cc(O)cc(O)c2)o1. The Hall–Kier alpha value is -3.02. The molecule has 0 fully saturated rings. The molecule has 6 heteroatoms.